The van der Waals surface area contributed by atoms with Crippen LogP contribution in [0.25, 0.3) is 11.3 Å². The van der Waals surface area contributed by atoms with Crippen molar-refractivity contribution >= 4 is 23.3 Å². The summed E-state index contributed by atoms with van der Waals surface area (Å²) in [5.74, 6) is 0. The molecule has 0 saturated heterocycles. The van der Waals surface area contributed by atoms with Gasteiger partial charge >= 0.3 is 0 Å². The highest BCUT2D eigenvalue weighted by molar-refractivity contribution is 7.03. The van der Waals surface area contributed by atoms with Crippen molar-refractivity contribution < 1.29 is 9.90 Å². The van der Waals surface area contributed by atoms with Crippen molar-refractivity contribution in [3.05, 3.63) is 29.6 Å². The third-order valence-corrected chi connectivity index (χ3v) is 2.30. The van der Waals surface area contributed by atoms with E-state index in [1.807, 2.05) is 0 Å². The van der Waals surface area contributed by atoms with Gasteiger partial charge in [-0.3, -0.25) is 0 Å². The number of rotatable bonds is 2. The molecule has 1 amide bonds. The molecule has 2 aromatic rings. The first-order chi connectivity index (χ1) is 7.27. The van der Waals surface area contributed by atoms with Crippen LogP contribution in [0.5, 0.6) is 0 Å². The summed E-state index contributed by atoms with van der Waals surface area (Å²) in [5, 5.41) is 18.3. The first-order valence-electron chi connectivity index (χ1n) is 4.12. The van der Waals surface area contributed by atoms with Crippen LogP contribution in [0.15, 0.2) is 29.6 Å². The van der Waals surface area contributed by atoms with E-state index in [-0.39, 0.29) is 0 Å². The van der Waals surface area contributed by atoms with Crippen molar-refractivity contribution in [2.45, 2.75) is 0 Å². The van der Waals surface area contributed by atoms with Gasteiger partial charge in [-0.25, -0.2) is 0 Å². The minimum absolute atomic E-state index is 0.449. The van der Waals surface area contributed by atoms with Gasteiger partial charge in [0, 0.05) is 16.6 Å². The third kappa shape index (κ3) is 2.10. The van der Waals surface area contributed by atoms with E-state index in [1.165, 1.54) is 11.5 Å². The molecule has 1 heterocycles. The maximum atomic E-state index is 10.4. The molecule has 0 bridgehead atoms. The minimum Gasteiger partial charge on any atom is -0.530 e. The SMILES string of the molecule is O=C([O-])Nc1ccccc1-c1csnn1. The Balaban J connectivity index is 2.42. The van der Waals surface area contributed by atoms with Gasteiger partial charge in [-0.05, 0) is 17.6 Å². The molecule has 2 rings (SSSR count). The second-order valence-electron chi connectivity index (χ2n) is 2.75. The number of benzene rings is 1. The van der Waals surface area contributed by atoms with Gasteiger partial charge in [0.2, 0.25) is 0 Å². The van der Waals surface area contributed by atoms with Crippen molar-refractivity contribution in [1.29, 1.82) is 0 Å². The summed E-state index contributed by atoms with van der Waals surface area (Å²) in [4.78, 5) is 10.4. The quantitative estimate of drug-likeness (QED) is 0.817. The van der Waals surface area contributed by atoms with E-state index in [2.05, 4.69) is 14.9 Å². The van der Waals surface area contributed by atoms with Crippen LogP contribution in [0, 0.1) is 0 Å². The number of hydrogen-bond acceptors (Lipinski definition) is 5. The van der Waals surface area contributed by atoms with Gasteiger partial charge in [-0.1, -0.05) is 22.7 Å². The number of carbonyl (C=O) groups is 1. The van der Waals surface area contributed by atoms with Crippen molar-refractivity contribution in [3.8, 4) is 11.3 Å². The molecular formula is C9H6N3O2S-. The van der Waals surface area contributed by atoms with Gasteiger partial charge in [0.1, 0.15) is 11.8 Å². The monoisotopic (exact) mass is 220 g/mol. The fourth-order valence-electron chi connectivity index (χ4n) is 1.21. The van der Waals surface area contributed by atoms with E-state index in [4.69, 9.17) is 0 Å². The standard InChI is InChI=1S/C9H7N3O2S/c13-9(14)10-7-4-2-1-3-6(7)8-5-15-12-11-8/h1-5,10H,(H,13,14)/p-1. The van der Waals surface area contributed by atoms with E-state index >= 15 is 0 Å². The van der Waals surface area contributed by atoms with Crippen LogP contribution in [0.4, 0.5) is 10.5 Å². The maximum Gasteiger partial charge on any atom is 0.138 e. The average molecular weight is 220 g/mol. The largest absolute Gasteiger partial charge is 0.530 e. The van der Waals surface area contributed by atoms with Crippen LogP contribution in [0.3, 0.4) is 0 Å². The highest BCUT2D eigenvalue weighted by atomic mass is 32.1. The number of nitrogens with zero attached hydrogens (tertiary/aromatic N) is 2. The summed E-state index contributed by atoms with van der Waals surface area (Å²) >= 11 is 1.21. The molecule has 0 spiro atoms. The highest BCUT2D eigenvalue weighted by Crippen LogP contribution is 2.26. The van der Waals surface area contributed by atoms with Crippen molar-refractivity contribution in [1.82, 2.24) is 9.59 Å². The lowest BCUT2D eigenvalue weighted by molar-refractivity contribution is -0.242. The Morgan fingerprint density at radius 2 is 2.20 bits per heavy atom. The molecule has 1 aromatic carbocycles. The van der Waals surface area contributed by atoms with Gasteiger partial charge in [0.25, 0.3) is 0 Å². The van der Waals surface area contributed by atoms with E-state index < -0.39 is 6.09 Å². The van der Waals surface area contributed by atoms with Crippen LogP contribution >= 0.6 is 11.5 Å². The number of carboxylic acid groups (broad SMARTS) is 1. The zero-order chi connectivity index (χ0) is 10.7. The predicted molar refractivity (Wildman–Crippen MR) is 54.4 cm³/mol. The zero-order valence-electron chi connectivity index (χ0n) is 7.51. The number of anilines is 1. The lowest BCUT2D eigenvalue weighted by Crippen LogP contribution is -2.28. The van der Waals surface area contributed by atoms with Crippen LogP contribution in [-0.4, -0.2) is 15.7 Å². The summed E-state index contributed by atoms with van der Waals surface area (Å²) in [6, 6.07) is 6.94. The number of amides is 1. The lowest BCUT2D eigenvalue weighted by atomic mass is 10.1. The van der Waals surface area contributed by atoms with Gasteiger partial charge < -0.3 is 15.2 Å². The molecule has 0 fully saturated rings. The molecule has 0 saturated carbocycles. The average Bonchev–Trinajstić information content (AvgIpc) is 2.70. The number of carbonyl (C=O) groups excluding carboxylic acids is 1. The van der Waals surface area contributed by atoms with E-state index in [9.17, 15) is 9.90 Å². The molecule has 6 heteroatoms. The lowest BCUT2D eigenvalue weighted by Gasteiger charge is -2.09. The Morgan fingerprint density at radius 1 is 1.40 bits per heavy atom. The first kappa shape index (κ1) is 9.60. The molecule has 1 aromatic heterocycles. The molecular weight excluding hydrogens is 214 g/mol. The second-order valence-corrected chi connectivity index (χ2v) is 3.36. The summed E-state index contributed by atoms with van der Waals surface area (Å²) in [6.45, 7) is 0. The van der Waals surface area contributed by atoms with E-state index in [0.29, 0.717) is 16.9 Å². The molecule has 0 radical (unpaired) electrons. The number of para-hydroxylation sites is 1. The Labute approximate surface area is 89.5 Å². The Bertz CT molecular complexity index is 470. The van der Waals surface area contributed by atoms with Crippen LogP contribution in [0.1, 0.15) is 0 Å². The van der Waals surface area contributed by atoms with Crippen LogP contribution < -0.4 is 10.4 Å². The molecule has 0 aliphatic rings. The topological polar surface area (TPSA) is 77.9 Å². The zero-order valence-corrected chi connectivity index (χ0v) is 8.32. The van der Waals surface area contributed by atoms with Crippen molar-refractivity contribution in [2.24, 2.45) is 0 Å². The Kier molecular flexibility index (Phi) is 2.59. The van der Waals surface area contributed by atoms with Crippen LogP contribution in [-0.2, 0) is 0 Å². The summed E-state index contributed by atoms with van der Waals surface area (Å²) in [6.07, 6.45) is -1.34. The fourth-order valence-corrected chi connectivity index (χ4v) is 1.66. The van der Waals surface area contributed by atoms with Crippen molar-refractivity contribution in [3.63, 3.8) is 0 Å². The molecule has 5 nitrogen and oxygen atoms in total. The Morgan fingerprint density at radius 3 is 2.87 bits per heavy atom. The molecule has 15 heavy (non-hydrogen) atoms. The smallest absolute Gasteiger partial charge is 0.138 e. The maximum absolute atomic E-state index is 10.4. The molecule has 0 unspecified atom stereocenters. The second kappa shape index (κ2) is 4.05. The van der Waals surface area contributed by atoms with E-state index in [0.717, 1.165) is 0 Å². The van der Waals surface area contributed by atoms with Gasteiger partial charge in [0.15, 0.2) is 0 Å². The first-order valence-corrected chi connectivity index (χ1v) is 4.95. The molecule has 0 aliphatic carbocycles. The molecule has 0 atom stereocenters. The summed E-state index contributed by atoms with van der Waals surface area (Å²) in [7, 11) is 0. The van der Waals surface area contributed by atoms with Gasteiger partial charge in [-0.2, -0.15) is 0 Å². The normalized spacial score (nSPS) is 9.87. The van der Waals surface area contributed by atoms with Gasteiger partial charge in [-0.15, -0.1) is 5.10 Å². The highest BCUT2D eigenvalue weighted by Gasteiger charge is 2.06. The minimum atomic E-state index is -1.34. The predicted octanol–water partition coefficient (Wildman–Crippen LogP) is 0.960. The van der Waals surface area contributed by atoms with Crippen LogP contribution in [0.2, 0.25) is 0 Å². The molecule has 0 aliphatic heterocycles. The number of aromatic nitrogens is 2. The fraction of sp³-hybridized carbons (Fsp3) is 0. The number of hydrogen-bond donors (Lipinski definition) is 1. The van der Waals surface area contributed by atoms with Crippen molar-refractivity contribution in [2.75, 3.05) is 5.32 Å². The number of nitrogens with one attached hydrogen (secondary N) is 1. The Hall–Kier alpha value is -1.95. The van der Waals surface area contributed by atoms with E-state index in [1.54, 1.807) is 29.6 Å². The third-order valence-electron chi connectivity index (χ3n) is 1.80. The molecule has 1 N–H and O–H groups in total. The summed E-state index contributed by atoms with van der Waals surface area (Å²) in [5.41, 5.74) is 1.78. The summed E-state index contributed by atoms with van der Waals surface area (Å²) < 4.78 is 3.72. The van der Waals surface area contributed by atoms with Gasteiger partial charge in [0.05, 0.1) is 0 Å². The molecule has 76 valence electrons.